The second-order valence-corrected chi connectivity index (χ2v) is 6.48. The van der Waals surface area contributed by atoms with Crippen molar-refractivity contribution in [3.63, 3.8) is 0 Å². The van der Waals surface area contributed by atoms with E-state index < -0.39 is 0 Å². The molecule has 0 aliphatic carbocycles. The number of rotatable bonds is 6. The molecule has 0 unspecified atom stereocenters. The number of carbonyl (C=O) groups is 1. The van der Waals surface area contributed by atoms with E-state index in [1.807, 2.05) is 55.5 Å². The third-order valence-electron chi connectivity index (χ3n) is 4.43. The molecule has 3 aromatic heterocycles. The molecule has 4 rings (SSSR count). The molecule has 0 bridgehead atoms. The second-order valence-electron chi connectivity index (χ2n) is 6.48. The molecule has 0 spiro atoms. The van der Waals surface area contributed by atoms with Crippen LogP contribution in [-0.4, -0.2) is 27.8 Å². The van der Waals surface area contributed by atoms with Crippen LogP contribution in [0.5, 0.6) is 5.75 Å². The number of methoxy groups -OCH3 is 1. The first kappa shape index (κ1) is 18.5. The molecule has 29 heavy (non-hydrogen) atoms. The Bertz CT molecular complexity index is 1110. The molecule has 1 aromatic carbocycles. The Hall–Kier alpha value is -3.87. The van der Waals surface area contributed by atoms with Gasteiger partial charge in [-0.05, 0) is 55.0 Å². The summed E-state index contributed by atoms with van der Waals surface area (Å²) in [5.74, 6) is 1.87. The number of hydrogen-bond donors (Lipinski definition) is 1. The van der Waals surface area contributed by atoms with Crippen LogP contribution in [0.15, 0.2) is 71.4 Å². The van der Waals surface area contributed by atoms with Crippen molar-refractivity contribution in [1.29, 1.82) is 0 Å². The minimum absolute atomic E-state index is 0.244. The van der Waals surface area contributed by atoms with Crippen molar-refractivity contribution in [2.75, 3.05) is 7.11 Å². The number of nitrogens with one attached hydrogen (secondary N) is 1. The van der Waals surface area contributed by atoms with Crippen LogP contribution >= 0.6 is 0 Å². The molecule has 0 atom stereocenters. The van der Waals surface area contributed by atoms with E-state index in [1.165, 1.54) is 0 Å². The number of furan rings is 1. The maximum Gasteiger partial charge on any atom is 0.270 e. The van der Waals surface area contributed by atoms with Gasteiger partial charge in [-0.25, -0.2) is 4.68 Å². The number of benzene rings is 1. The van der Waals surface area contributed by atoms with Gasteiger partial charge in [0.25, 0.3) is 5.91 Å². The zero-order valence-electron chi connectivity index (χ0n) is 16.1. The number of ether oxygens (including phenoxy) is 1. The zero-order valence-corrected chi connectivity index (χ0v) is 16.1. The summed E-state index contributed by atoms with van der Waals surface area (Å²) < 4.78 is 12.5. The highest BCUT2D eigenvalue weighted by Gasteiger charge is 2.19. The lowest BCUT2D eigenvalue weighted by Crippen LogP contribution is -2.25. The average molecular weight is 388 g/mol. The van der Waals surface area contributed by atoms with Crippen LogP contribution in [0.4, 0.5) is 0 Å². The fraction of sp³-hybridized carbons (Fsp3) is 0.136. The van der Waals surface area contributed by atoms with Crippen molar-refractivity contribution >= 4 is 5.91 Å². The molecule has 0 fully saturated rings. The number of carbonyl (C=O) groups excluding carboxylic acids is 1. The molecule has 146 valence electrons. The number of aryl methyl sites for hydroxylation is 1. The Balaban J connectivity index is 1.67. The van der Waals surface area contributed by atoms with E-state index in [0.717, 1.165) is 22.8 Å². The lowest BCUT2D eigenvalue weighted by Gasteiger charge is -2.09. The topological polar surface area (TPSA) is 82.2 Å². The molecular formula is C22H20N4O3. The number of amides is 1. The van der Waals surface area contributed by atoms with Gasteiger partial charge in [0.15, 0.2) is 5.76 Å². The summed E-state index contributed by atoms with van der Waals surface area (Å²) in [7, 11) is 1.61. The molecule has 0 radical (unpaired) electrons. The third-order valence-corrected chi connectivity index (χ3v) is 4.43. The first-order valence-corrected chi connectivity index (χ1v) is 9.12. The highest BCUT2D eigenvalue weighted by Crippen LogP contribution is 2.24. The van der Waals surface area contributed by atoms with Gasteiger partial charge in [0.1, 0.15) is 22.9 Å². The van der Waals surface area contributed by atoms with Crippen molar-refractivity contribution in [3.05, 3.63) is 84.0 Å². The Morgan fingerprint density at radius 3 is 2.66 bits per heavy atom. The Labute approximate surface area is 168 Å². The quantitative estimate of drug-likeness (QED) is 0.544. The minimum Gasteiger partial charge on any atom is -0.497 e. The van der Waals surface area contributed by atoms with Gasteiger partial charge >= 0.3 is 0 Å². The van der Waals surface area contributed by atoms with Crippen molar-refractivity contribution in [2.45, 2.75) is 13.5 Å². The van der Waals surface area contributed by atoms with E-state index in [-0.39, 0.29) is 5.91 Å². The van der Waals surface area contributed by atoms with E-state index >= 15 is 0 Å². The second kappa shape index (κ2) is 8.02. The predicted octanol–water partition coefficient (Wildman–Crippen LogP) is 3.77. The normalized spacial score (nSPS) is 10.7. The molecule has 7 nitrogen and oxygen atoms in total. The fourth-order valence-corrected chi connectivity index (χ4v) is 2.93. The van der Waals surface area contributed by atoms with Gasteiger partial charge in [0, 0.05) is 25.0 Å². The third kappa shape index (κ3) is 4.03. The zero-order chi connectivity index (χ0) is 20.2. The highest BCUT2D eigenvalue weighted by atomic mass is 16.5. The first-order valence-electron chi connectivity index (χ1n) is 9.12. The molecule has 1 N–H and O–H groups in total. The lowest BCUT2D eigenvalue weighted by molar-refractivity contribution is 0.0943. The SMILES string of the molecule is COc1ccc(-n2nc(-c3ccc(C)o3)cc2C(=O)NCc2cccnc2)cc1. The number of nitrogens with zero attached hydrogens (tertiary/aromatic N) is 3. The molecule has 0 saturated carbocycles. The van der Waals surface area contributed by atoms with Gasteiger partial charge < -0.3 is 14.5 Å². The number of aromatic nitrogens is 3. The van der Waals surface area contributed by atoms with E-state index in [0.29, 0.717) is 23.7 Å². The Morgan fingerprint density at radius 2 is 2.00 bits per heavy atom. The van der Waals surface area contributed by atoms with Gasteiger partial charge in [0.2, 0.25) is 0 Å². The van der Waals surface area contributed by atoms with Gasteiger partial charge in [-0.15, -0.1) is 0 Å². The number of pyridine rings is 1. The number of hydrogen-bond acceptors (Lipinski definition) is 5. The van der Waals surface area contributed by atoms with Crippen LogP contribution < -0.4 is 10.1 Å². The Kier molecular flexibility index (Phi) is 5.11. The van der Waals surface area contributed by atoms with Crippen LogP contribution in [0.1, 0.15) is 21.8 Å². The van der Waals surface area contributed by atoms with E-state index in [1.54, 1.807) is 30.3 Å². The lowest BCUT2D eigenvalue weighted by atomic mass is 10.2. The van der Waals surface area contributed by atoms with Crippen molar-refractivity contribution < 1.29 is 13.9 Å². The monoisotopic (exact) mass is 388 g/mol. The summed E-state index contributed by atoms with van der Waals surface area (Å²) in [6.07, 6.45) is 3.42. The molecule has 1 amide bonds. The molecule has 4 aromatic rings. The molecule has 3 heterocycles. The van der Waals surface area contributed by atoms with Crippen LogP contribution in [0.3, 0.4) is 0 Å². The maximum atomic E-state index is 12.9. The van der Waals surface area contributed by atoms with Crippen LogP contribution in [0, 0.1) is 6.92 Å². The molecular weight excluding hydrogens is 368 g/mol. The van der Waals surface area contributed by atoms with Gasteiger partial charge in [-0.3, -0.25) is 9.78 Å². The smallest absolute Gasteiger partial charge is 0.270 e. The summed E-state index contributed by atoms with van der Waals surface area (Å²) >= 11 is 0. The Morgan fingerprint density at radius 1 is 1.17 bits per heavy atom. The molecule has 0 saturated heterocycles. The van der Waals surface area contributed by atoms with Crippen LogP contribution in [-0.2, 0) is 6.54 Å². The molecule has 0 aliphatic heterocycles. The average Bonchev–Trinajstić information content (AvgIpc) is 3.39. The van der Waals surface area contributed by atoms with Crippen molar-refractivity contribution in [3.8, 4) is 22.9 Å². The summed E-state index contributed by atoms with van der Waals surface area (Å²) in [6.45, 7) is 2.24. The van der Waals surface area contributed by atoms with E-state index in [9.17, 15) is 4.79 Å². The van der Waals surface area contributed by atoms with Crippen molar-refractivity contribution in [2.24, 2.45) is 0 Å². The summed E-state index contributed by atoms with van der Waals surface area (Å²) in [6, 6.07) is 16.5. The summed E-state index contributed by atoms with van der Waals surface area (Å²) in [5.41, 5.74) is 2.65. The standard InChI is InChI=1S/C22H20N4O3/c1-15-5-10-21(29-15)19-12-20(22(27)24-14-16-4-3-11-23-13-16)26(25-19)17-6-8-18(28-2)9-7-17/h3-13H,14H2,1-2H3,(H,24,27). The largest absolute Gasteiger partial charge is 0.497 e. The molecule has 7 heteroatoms. The molecule has 0 aliphatic rings. The highest BCUT2D eigenvalue weighted by molar-refractivity contribution is 5.94. The van der Waals surface area contributed by atoms with Crippen LogP contribution in [0.25, 0.3) is 17.1 Å². The maximum absolute atomic E-state index is 12.9. The predicted molar refractivity (Wildman–Crippen MR) is 108 cm³/mol. The summed E-state index contributed by atoms with van der Waals surface area (Å²) in [4.78, 5) is 17.0. The van der Waals surface area contributed by atoms with E-state index in [2.05, 4.69) is 15.4 Å². The van der Waals surface area contributed by atoms with E-state index in [4.69, 9.17) is 9.15 Å². The van der Waals surface area contributed by atoms with Gasteiger partial charge in [-0.1, -0.05) is 6.07 Å². The summed E-state index contributed by atoms with van der Waals surface area (Å²) in [5, 5.41) is 7.53. The fourth-order valence-electron chi connectivity index (χ4n) is 2.93. The minimum atomic E-state index is -0.244. The first-order chi connectivity index (χ1) is 14.1. The van der Waals surface area contributed by atoms with Crippen LogP contribution in [0.2, 0.25) is 0 Å². The van der Waals surface area contributed by atoms with Crippen molar-refractivity contribution in [1.82, 2.24) is 20.1 Å². The van der Waals surface area contributed by atoms with Gasteiger partial charge in [0.05, 0.1) is 12.8 Å². The van der Waals surface area contributed by atoms with Gasteiger partial charge in [-0.2, -0.15) is 5.10 Å².